The van der Waals surface area contributed by atoms with E-state index in [9.17, 15) is 10.1 Å². The lowest BCUT2D eigenvalue weighted by Gasteiger charge is -2.14. The molecule has 0 fully saturated rings. The van der Waals surface area contributed by atoms with Crippen molar-refractivity contribution in [2.45, 2.75) is 32.8 Å². The van der Waals surface area contributed by atoms with Gasteiger partial charge in [0.2, 0.25) is 0 Å². The van der Waals surface area contributed by atoms with E-state index in [-0.39, 0.29) is 16.1 Å². The van der Waals surface area contributed by atoms with Crippen molar-refractivity contribution >= 4 is 28.6 Å². The van der Waals surface area contributed by atoms with Gasteiger partial charge in [-0.25, -0.2) is 4.98 Å². The maximum atomic E-state index is 10.7. The quantitative estimate of drug-likeness (QED) is 0.609. The Kier molecular flexibility index (Phi) is 4.49. The van der Waals surface area contributed by atoms with Crippen LogP contribution in [0.5, 0.6) is 5.75 Å². The molecular formula is C14H15ClN2O3S. The minimum absolute atomic E-state index is 0.00537. The highest BCUT2D eigenvalue weighted by atomic mass is 35.5. The zero-order chi connectivity index (χ0) is 15.6. The third-order valence-corrected chi connectivity index (χ3v) is 3.92. The molecule has 1 aromatic carbocycles. The molecule has 0 aliphatic heterocycles. The highest BCUT2D eigenvalue weighted by Crippen LogP contribution is 2.29. The SMILES string of the molecule is CC(C)(C)c1csc(COc2ccc([N+](=O)[O-])c(Cl)c2)n1. The summed E-state index contributed by atoms with van der Waals surface area (Å²) in [6.45, 7) is 6.61. The summed E-state index contributed by atoms with van der Waals surface area (Å²) in [5.41, 5.74) is 0.895. The fraction of sp³-hybridized carbons (Fsp3) is 0.357. The van der Waals surface area contributed by atoms with Crippen LogP contribution in [-0.2, 0) is 12.0 Å². The van der Waals surface area contributed by atoms with Gasteiger partial charge in [-0.1, -0.05) is 32.4 Å². The van der Waals surface area contributed by atoms with Gasteiger partial charge in [0.1, 0.15) is 22.4 Å². The molecule has 0 atom stereocenters. The number of hydrogen-bond donors (Lipinski definition) is 0. The van der Waals surface area contributed by atoms with E-state index in [1.807, 2.05) is 5.38 Å². The molecule has 7 heteroatoms. The van der Waals surface area contributed by atoms with Crippen LogP contribution in [0.4, 0.5) is 5.69 Å². The average Bonchev–Trinajstić information content (AvgIpc) is 2.84. The molecule has 1 heterocycles. The topological polar surface area (TPSA) is 65.3 Å². The number of rotatable bonds is 4. The van der Waals surface area contributed by atoms with Crippen LogP contribution in [0.15, 0.2) is 23.6 Å². The van der Waals surface area contributed by atoms with Gasteiger partial charge in [0.15, 0.2) is 0 Å². The molecule has 0 spiro atoms. The summed E-state index contributed by atoms with van der Waals surface area (Å²) in [5.74, 6) is 0.484. The second kappa shape index (κ2) is 5.99. The summed E-state index contributed by atoms with van der Waals surface area (Å²) in [6, 6.07) is 4.31. The summed E-state index contributed by atoms with van der Waals surface area (Å²) < 4.78 is 5.57. The second-order valence-corrected chi connectivity index (χ2v) is 6.89. The van der Waals surface area contributed by atoms with E-state index in [0.29, 0.717) is 12.4 Å². The van der Waals surface area contributed by atoms with Crippen LogP contribution in [0.3, 0.4) is 0 Å². The molecule has 112 valence electrons. The van der Waals surface area contributed by atoms with Crippen molar-refractivity contribution in [2.75, 3.05) is 0 Å². The van der Waals surface area contributed by atoms with E-state index in [2.05, 4.69) is 25.8 Å². The highest BCUT2D eigenvalue weighted by molar-refractivity contribution is 7.09. The summed E-state index contributed by atoms with van der Waals surface area (Å²) in [6.07, 6.45) is 0. The van der Waals surface area contributed by atoms with Crippen LogP contribution >= 0.6 is 22.9 Å². The smallest absolute Gasteiger partial charge is 0.288 e. The van der Waals surface area contributed by atoms with Crippen LogP contribution in [0.25, 0.3) is 0 Å². The monoisotopic (exact) mass is 326 g/mol. The average molecular weight is 327 g/mol. The van der Waals surface area contributed by atoms with Crippen LogP contribution in [0.1, 0.15) is 31.5 Å². The Balaban J connectivity index is 2.05. The maximum Gasteiger partial charge on any atom is 0.288 e. The third-order valence-electron chi connectivity index (χ3n) is 2.80. The number of halogens is 1. The van der Waals surface area contributed by atoms with Gasteiger partial charge in [0.25, 0.3) is 5.69 Å². The molecule has 0 aliphatic carbocycles. The Labute approximate surface area is 131 Å². The van der Waals surface area contributed by atoms with Crippen molar-refractivity contribution in [1.82, 2.24) is 4.98 Å². The number of thiazole rings is 1. The van der Waals surface area contributed by atoms with Crippen molar-refractivity contribution < 1.29 is 9.66 Å². The van der Waals surface area contributed by atoms with E-state index in [4.69, 9.17) is 16.3 Å². The first kappa shape index (κ1) is 15.7. The molecule has 0 saturated carbocycles. The zero-order valence-corrected chi connectivity index (χ0v) is 13.5. The maximum absolute atomic E-state index is 10.7. The third kappa shape index (κ3) is 3.92. The van der Waals surface area contributed by atoms with Gasteiger partial charge in [0.05, 0.1) is 10.6 Å². The fourth-order valence-electron chi connectivity index (χ4n) is 1.59. The predicted molar refractivity (Wildman–Crippen MR) is 83.3 cm³/mol. The minimum Gasteiger partial charge on any atom is -0.486 e. The molecule has 2 aromatic rings. The van der Waals surface area contributed by atoms with Crippen molar-refractivity contribution in [3.8, 4) is 5.75 Å². The molecule has 0 unspecified atom stereocenters. The van der Waals surface area contributed by atoms with E-state index in [1.165, 1.54) is 29.5 Å². The first-order valence-electron chi connectivity index (χ1n) is 6.29. The Bertz CT molecular complexity index is 664. The lowest BCUT2D eigenvalue weighted by Crippen LogP contribution is -2.11. The molecular weight excluding hydrogens is 312 g/mol. The molecule has 5 nitrogen and oxygen atoms in total. The largest absolute Gasteiger partial charge is 0.486 e. The Morgan fingerprint density at radius 2 is 2.14 bits per heavy atom. The standard InChI is InChI=1S/C14H15ClN2O3S/c1-14(2,3)12-8-21-13(16-12)7-20-9-4-5-11(17(18)19)10(15)6-9/h4-6,8H,7H2,1-3H3. The first-order chi connectivity index (χ1) is 9.77. The normalized spacial score (nSPS) is 11.4. The molecule has 0 N–H and O–H groups in total. The Hall–Kier alpha value is -1.66. The molecule has 0 bridgehead atoms. The fourth-order valence-corrected chi connectivity index (χ4v) is 2.76. The Morgan fingerprint density at radius 3 is 2.67 bits per heavy atom. The summed E-state index contributed by atoms with van der Waals surface area (Å²) in [5, 5.41) is 13.6. The van der Waals surface area contributed by atoms with Gasteiger partial charge in [-0.3, -0.25) is 10.1 Å². The van der Waals surface area contributed by atoms with Gasteiger partial charge < -0.3 is 4.74 Å². The van der Waals surface area contributed by atoms with Gasteiger partial charge in [-0.05, 0) is 6.07 Å². The van der Waals surface area contributed by atoms with Crippen LogP contribution in [-0.4, -0.2) is 9.91 Å². The van der Waals surface area contributed by atoms with E-state index < -0.39 is 4.92 Å². The van der Waals surface area contributed by atoms with Crippen LogP contribution in [0, 0.1) is 10.1 Å². The second-order valence-electron chi connectivity index (χ2n) is 5.54. The van der Waals surface area contributed by atoms with Crippen molar-refractivity contribution in [2.24, 2.45) is 0 Å². The van der Waals surface area contributed by atoms with Gasteiger partial charge in [-0.2, -0.15) is 0 Å². The van der Waals surface area contributed by atoms with Crippen molar-refractivity contribution in [3.63, 3.8) is 0 Å². The Morgan fingerprint density at radius 1 is 1.43 bits per heavy atom. The first-order valence-corrected chi connectivity index (χ1v) is 7.55. The molecule has 2 rings (SSSR count). The molecule has 1 aromatic heterocycles. The molecule has 0 amide bonds. The molecule has 0 radical (unpaired) electrons. The van der Waals surface area contributed by atoms with Gasteiger partial charge in [-0.15, -0.1) is 11.3 Å². The van der Waals surface area contributed by atoms with Crippen LogP contribution < -0.4 is 4.74 Å². The number of ether oxygens (including phenoxy) is 1. The number of aromatic nitrogens is 1. The van der Waals surface area contributed by atoms with Gasteiger partial charge in [0, 0.05) is 22.9 Å². The number of nitro benzene ring substituents is 1. The lowest BCUT2D eigenvalue weighted by atomic mass is 9.93. The number of hydrogen-bond acceptors (Lipinski definition) is 5. The van der Waals surface area contributed by atoms with Gasteiger partial charge >= 0.3 is 0 Å². The van der Waals surface area contributed by atoms with E-state index in [0.717, 1.165) is 10.7 Å². The molecule has 0 saturated heterocycles. The van der Waals surface area contributed by atoms with E-state index in [1.54, 1.807) is 0 Å². The summed E-state index contributed by atoms with van der Waals surface area (Å²) >= 11 is 7.37. The predicted octanol–water partition coefficient (Wildman–Crippen LogP) is 4.58. The van der Waals surface area contributed by atoms with Crippen molar-refractivity contribution in [1.29, 1.82) is 0 Å². The number of nitro groups is 1. The minimum atomic E-state index is -0.525. The lowest BCUT2D eigenvalue weighted by molar-refractivity contribution is -0.384. The summed E-state index contributed by atoms with van der Waals surface area (Å²) in [4.78, 5) is 14.7. The van der Waals surface area contributed by atoms with E-state index >= 15 is 0 Å². The van der Waals surface area contributed by atoms with Crippen molar-refractivity contribution in [3.05, 3.63) is 49.4 Å². The number of benzene rings is 1. The molecule has 0 aliphatic rings. The van der Waals surface area contributed by atoms with Crippen LogP contribution in [0.2, 0.25) is 5.02 Å². The highest BCUT2D eigenvalue weighted by Gasteiger charge is 2.18. The summed E-state index contributed by atoms with van der Waals surface area (Å²) in [7, 11) is 0. The molecule has 21 heavy (non-hydrogen) atoms. The number of nitrogens with zero attached hydrogens (tertiary/aromatic N) is 2. The zero-order valence-electron chi connectivity index (χ0n) is 11.9.